The van der Waals surface area contributed by atoms with Crippen molar-refractivity contribution in [3.63, 3.8) is 0 Å². The van der Waals surface area contributed by atoms with E-state index in [2.05, 4.69) is 5.16 Å². The van der Waals surface area contributed by atoms with Crippen LogP contribution in [0.5, 0.6) is 0 Å². The van der Waals surface area contributed by atoms with E-state index in [1.165, 1.54) is 0 Å². The number of rotatable bonds is 2. The molecule has 1 aliphatic carbocycles. The highest BCUT2D eigenvalue weighted by molar-refractivity contribution is 6.36. The summed E-state index contributed by atoms with van der Waals surface area (Å²) in [6.07, 6.45) is 3.29. The molecule has 17 heavy (non-hydrogen) atoms. The predicted octanol–water partition coefficient (Wildman–Crippen LogP) is 1.53. The molecule has 0 amide bonds. The number of Topliss-reactive ketones (excluding diaryl/α,β-unsaturated/α-hetero) is 1. The molecule has 1 aliphatic heterocycles. The van der Waals surface area contributed by atoms with Crippen LogP contribution in [-0.4, -0.2) is 28.2 Å². The summed E-state index contributed by atoms with van der Waals surface area (Å²) >= 11 is 0. The molecule has 2 atom stereocenters. The maximum atomic E-state index is 11.6. The molecule has 5 nitrogen and oxygen atoms in total. The molecule has 0 fully saturated rings. The SMILES string of the molecule is CC1=CCC(C2(C)CC(C(=O)O)=NO2)CC1=O. The van der Waals surface area contributed by atoms with Crippen LogP contribution in [-0.2, 0) is 14.4 Å². The van der Waals surface area contributed by atoms with Crippen LogP contribution in [0.2, 0.25) is 0 Å². The number of aliphatic carboxylic acids is 1. The van der Waals surface area contributed by atoms with E-state index in [1.807, 2.05) is 13.0 Å². The molecule has 0 saturated carbocycles. The van der Waals surface area contributed by atoms with Crippen molar-refractivity contribution < 1.29 is 19.5 Å². The third-order valence-corrected chi connectivity index (χ3v) is 3.57. The Bertz CT molecular complexity index is 438. The zero-order valence-electron chi connectivity index (χ0n) is 9.90. The van der Waals surface area contributed by atoms with Crippen LogP contribution < -0.4 is 0 Å². The molecular weight excluding hydrogens is 222 g/mol. The molecule has 92 valence electrons. The van der Waals surface area contributed by atoms with Gasteiger partial charge in [-0.1, -0.05) is 11.2 Å². The molecule has 0 aromatic rings. The van der Waals surface area contributed by atoms with Crippen LogP contribution in [0.1, 0.15) is 33.1 Å². The minimum Gasteiger partial charge on any atom is -0.477 e. The monoisotopic (exact) mass is 237 g/mol. The van der Waals surface area contributed by atoms with Crippen LogP contribution in [0.25, 0.3) is 0 Å². The van der Waals surface area contributed by atoms with Gasteiger partial charge in [-0.05, 0) is 25.8 Å². The second kappa shape index (κ2) is 3.98. The Morgan fingerprint density at radius 1 is 1.65 bits per heavy atom. The number of hydrogen-bond donors (Lipinski definition) is 1. The van der Waals surface area contributed by atoms with E-state index >= 15 is 0 Å². The van der Waals surface area contributed by atoms with Crippen LogP contribution in [0.4, 0.5) is 0 Å². The van der Waals surface area contributed by atoms with Crippen molar-refractivity contribution in [3.05, 3.63) is 11.6 Å². The summed E-state index contributed by atoms with van der Waals surface area (Å²) < 4.78 is 0. The van der Waals surface area contributed by atoms with E-state index in [1.54, 1.807) is 6.92 Å². The number of carboxylic acid groups (broad SMARTS) is 1. The van der Waals surface area contributed by atoms with Gasteiger partial charge in [0.25, 0.3) is 0 Å². The molecule has 2 rings (SSSR count). The number of hydrogen-bond acceptors (Lipinski definition) is 4. The maximum absolute atomic E-state index is 11.6. The minimum atomic E-state index is -1.05. The fraction of sp³-hybridized carbons (Fsp3) is 0.583. The molecule has 0 saturated heterocycles. The summed E-state index contributed by atoms with van der Waals surface area (Å²) in [5.41, 5.74) is 0.147. The number of carbonyl (C=O) groups excluding carboxylic acids is 1. The van der Waals surface area contributed by atoms with Crippen LogP contribution in [0, 0.1) is 5.92 Å². The lowest BCUT2D eigenvalue weighted by Gasteiger charge is -2.32. The highest BCUT2D eigenvalue weighted by atomic mass is 16.7. The number of nitrogens with zero attached hydrogens (tertiary/aromatic N) is 1. The summed E-state index contributed by atoms with van der Waals surface area (Å²) in [5, 5.41) is 12.4. The summed E-state index contributed by atoms with van der Waals surface area (Å²) in [6.45, 7) is 3.62. The molecule has 0 bridgehead atoms. The minimum absolute atomic E-state index is 0.000648. The normalized spacial score (nSPS) is 32.8. The lowest BCUT2D eigenvalue weighted by atomic mass is 9.76. The first-order valence-electron chi connectivity index (χ1n) is 5.60. The standard InChI is InChI=1S/C12H15NO4/c1-7-3-4-8(5-10(7)14)12(2)6-9(11(15)16)13-17-12/h3,8H,4-6H2,1-2H3,(H,15,16). The fourth-order valence-corrected chi connectivity index (χ4v) is 2.26. The van der Waals surface area contributed by atoms with Crippen molar-refractivity contribution >= 4 is 17.5 Å². The molecule has 0 spiro atoms. The zero-order chi connectivity index (χ0) is 12.6. The first-order valence-corrected chi connectivity index (χ1v) is 5.60. The highest BCUT2D eigenvalue weighted by Crippen LogP contribution is 2.38. The smallest absolute Gasteiger partial charge is 0.353 e. The van der Waals surface area contributed by atoms with Crippen LogP contribution >= 0.6 is 0 Å². The van der Waals surface area contributed by atoms with E-state index < -0.39 is 11.6 Å². The Morgan fingerprint density at radius 2 is 2.35 bits per heavy atom. The van der Waals surface area contributed by atoms with Gasteiger partial charge in [-0.2, -0.15) is 0 Å². The Balaban J connectivity index is 2.10. The Labute approximate surface area is 99.1 Å². The molecule has 2 unspecified atom stereocenters. The van der Waals surface area contributed by atoms with Gasteiger partial charge in [0.05, 0.1) is 0 Å². The van der Waals surface area contributed by atoms with Gasteiger partial charge in [0.2, 0.25) is 0 Å². The van der Waals surface area contributed by atoms with Crippen molar-refractivity contribution in [2.45, 2.75) is 38.7 Å². The Kier molecular flexibility index (Phi) is 2.77. The third kappa shape index (κ3) is 2.09. The summed E-state index contributed by atoms with van der Waals surface area (Å²) in [5.74, 6) is -0.947. The second-order valence-corrected chi connectivity index (χ2v) is 4.87. The van der Waals surface area contributed by atoms with Gasteiger partial charge >= 0.3 is 5.97 Å². The van der Waals surface area contributed by atoms with Gasteiger partial charge in [-0.15, -0.1) is 0 Å². The quantitative estimate of drug-likeness (QED) is 0.790. The predicted molar refractivity (Wildman–Crippen MR) is 60.7 cm³/mol. The molecule has 5 heteroatoms. The van der Waals surface area contributed by atoms with E-state index in [-0.39, 0.29) is 23.8 Å². The Morgan fingerprint density at radius 3 is 2.88 bits per heavy atom. The number of carboxylic acids is 1. The van der Waals surface area contributed by atoms with Gasteiger partial charge in [-0.3, -0.25) is 4.79 Å². The van der Waals surface area contributed by atoms with Crippen molar-refractivity contribution in [2.75, 3.05) is 0 Å². The fourth-order valence-electron chi connectivity index (χ4n) is 2.26. The topological polar surface area (TPSA) is 76.0 Å². The van der Waals surface area contributed by atoms with E-state index in [9.17, 15) is 9.59 Å². The van der Waals surface area contributed by atoms with E-state index in [0.717, 1.165) is 12.0 Å². The molecule has 1 N–H and O–H groups in total. The van der Waals surface area contributed by atoms with Crippen molar-refractivity contribution in [2.24, 2.45) is 11.1 Å². The lowest BCUT2D eigenvalue weighted by Crippen LogP contribution is -2.38. The number of oxime groups is 1. The van der Waals surface area contributed by atoms with Crippen LogP contribution in [0.15, 0.2) is 16.8 Å². The summed E-state index contributed by atoms with van der Waals surface area (Å²) in [4.78, 5) is 27.7. The van der Waals surface area contributed by atoms with E-state index in [4.69, 9.17) is 9.94 Å². The Hall–Kier alpha value is -1.65. The highest BCUT2D eigenvalue weighted by Gasteiger charge is 2.45. The first-order chi connectivity index (χ1) is 7.92. The molecule has 1 heterocycles. The van der Waals surface area contributed by atoms with Gasteiger partial charge < -0.3 is 9.94 Å². The largest absolute Gasteiger partial charge is 0.477 e. The number of carbonyl (C=O) groups is 2. The van der Waals surface area contributed by atoms with Gasteiger partial charge in [0.15, 0.2) is 11.5 Å². The van der Waals surface area contributed by atoms with Crippen molar-refractivity contribution in [1.29, 1.82) is 0 Å². The molecule has 0 aromatic heterocycles. The van der Waals surface area contributed by atoms with Gasteiger partial charge in [0, 0.05) is 18.8 Å². The molecule has 2 aliphatic rings. The average molecular weight is 237 g/mol. The summed E-state index contributed by atoms with van der Waals surface area (Å²) in [7, 11) is 0. The van der Waals surface area contributed by atoms with Crippen LogP contribution in [0.3, 0.4) is 0 Å². The van der Waals surface area contributed by atoms with Crippen molar-refractivity contribution in [3.8, 4) is 0 Å². The molecular formula is C12H15NO4. The maximum Gasteiger partial charge on any atom is 0.353 e. The lowest BCUT2D eigenvalue weighted by molar-refractivity contribution is -0.129. The number of allylic oxidation sites excluding steroid dienone is 2. The third-order valence-electron chi connectivity index (χ3n) is 3.57. The number of ketones is 1. The van der Waals surface area contributed by atoms with E-state index in [0.29, 0.717) is 6.42 Å². The van der Waals surface area contributed by atoms with Crippen molar-refractivity contribution in [1.82, 2.24) is 0 Å². The first kappa shape index (κ1) is 11.8. The van der Waals surface area contributed by atoms with Gasteiger partial charge in [0.1, 0.15) is 5.60 Å². The van der Waals surface area contributed by atoms with Gasteiger partial charge in [-0.25, -0.2) is 4.79 Å². The summed E-state index contributed by atoms with van der Waals surface area (Å²) in [6, 6.07) is 0. The second-order valence-electron chi connectivity index (χ2n) is 4.87. The molecule has 0 aromatic carbocycles. The zero-order valence-corrected chi connectivity index (χ0v) is 9.90. The molecule has 0 radical (unpaired) electrons. The average Bonchev–Trinajstić information content (AvgIpc) is 2.66.